The van der Waals surface area contributed by atoms with E-state index in [1.54, 1.807) is 54.9 Å². The van der Waals surface area contributed by atoms with Crippen molar-refractivity contribution in [3.8, 4) is 17.1 Å². The predicted molar refractivity (Wildman–Crippen MR) is 142 cm³/mol. The number of pyridine rings is 2. The van der Waals surface area contributed by atoms with Crippen molar-refractivity contribution in [1.82, 2.24) is 19.5 Å². The van der Waals surface area contributed by atoms with Crippen LogP contribution in [0.2, 0.25) is 0 Å². The minimum Gasteiger partial charge on any atom is -0.478 e. The molecule has 5 aromatic rings. The van der Waals surface area contributed by atoms with Crippen LogP contribution < -0.4 is 4.74 Å². The monoisotopic (exact) mass is 524 g/mol. The van der Waals surface area contributed by atoms with E-state index in [1.807, 2.05) is 22.8 Å². The highest BCUT2D eigenvalue weighted by molar-refractivity contribution is 5.92. The quantitative estimate of drug-likeness (QED) is 0.280. The van der Waals surface area contributed by atoms with Gasteiger partial charge in [0.05, 0.1) is 34.9 Å². The van der Waals surface area contributed by atoms with E-state index >= 15 is 4.39 Å². The lowest BCUT2D eigenvalue weighted by Crippen LogP contribution is -2.31. The minimum atomic E-state index is -0.996. The molecule has 1 N–H and O–H groups in total. The van der Waals surface area contributed by atoms with Gasteiger partial charge < -0.3 is 19.1 Å². The molecule has 1 fully saturated rings. The van der Waals surface area contributed by atoms with Gasteiger partial charge in [-0.2, -0.15) is 0 Å². The zero-order chi connectivity index (χ0) is 26.8. The number of benzene rings is 2. The van der Waals surface area contributed by atoms with Crippen LogP contribution in [0.5, 0.6) is 5.88 Å². The molecule has 0 amide bonds. The van der Waals surface area contributed by atoms with Gasteiger partial charge in [-0.1, -0.05) is 18.2 Å². The van der Waals surface area contributed by atoms with Crippen LogP contribution in [0.1, 0.15) is 33.7 Å². The zero-order valence-electron chi connectivity index (χ0n) is 21.0. The molecule has 4 heterocycles. The van der Waals surface area contributed by atoms with Gasteiger partial charge in [0, 0.05) is 42.6 Å². The molecule has 1 aliphatic rings. The number of imidazole rings is 1. The Bertz CT molecular complexity index is 1650. The van der Waals surface area contributed by atoms with Crippen molar-refractivity contribution in [3.63, 3.8) is 0 Å². The number of halogens is 1. The van der Waals surface area contributed by atoms with Crippen LogP contribution >= 0.6 is 0 Å². The van der Waals surface area contributed by atoms with E-state index in [-0.39, 0.29) is 11.7 Å². The molecular formula is C30H25FN4O4. The van der Waals surface area contributed by atoms with Crippen LogP contribution in [0.3, 0.4) is 0 Å². The number of carboxylic acid groups (broad SMARTS) is 1. The van der Waals surface area contributed by atoms with Gasteiger partial charge in [0.2, 0.25) is 5.88 Å². The van der Waals surface area contributed by atoms with Crippen molar-refractivity contribution in [1.29, 1.82) is 0 Å². The largest absolute Gasteiger partial charge is 0.478 e. The van der Waals surface area contributed by atoms with E-state index in [0.717, 1.165) is 28.9 Å². The Morgan fingerprint density at radius 3 is 2.72 bits per heavy atom. The maximum atomic E-state index is 15.3. The summed E-state index contributed by atoms with van der Waals surface area (Å²) in [5.41, 5.74) is 4.10. The summed E-state index contributed by atoms with van der Waals surface area (Å²) in [6.45, 7) is 1.58. The van der Waals surface area contributed by atoms with E-state index < -0.39 is 11.8 Å². The van der Waals surface area contributed by atoms with Gasteiger partial charge in [-0.15, -0.1) is 0 Å². The highest BCUT2D eigenvalue weighted by atomic mass is 19.1. The molecule has 6 rings (SSSR count). The third-order valence-corrected chi connectivity index (χ3v) is 6.76. The number of aromatic nitrogens is 4. The zero-order valence-corrected chi connectivity index (χ0v) is 21.0. The van der Waals surface area contributed by atoms with E-state index in [9.17, 15) is 9.90 Å². The first-order chi connectivity index (χ1) is 19.0. The highest BCUT2D eigenvalue weighted by Gasteiger charge is 2.23. The Balaban J connectivity index is 1.25. The normalized spacial score (nSPS) is 14.7. The molecule has 0 bridgehead atoms. The number of carbonyl (C=O) groups is 1. The van der Waals surface area contributed by atoms with E-state index in [0.29, 0.717) is 48.8 Å². The van der Waals surface area contributed by atoms with E-state index in [2.05, 4.69) is 9.97 Å². The first-order valence-electron chi connectivity index (χ1n) is 12.6. The van der Waals surface area contributed by atoms with Gasteiger partial charge in [-0.3, -0.25) is 4.98 Å². The van der Waals surface area contributed by atoms with Gasteiger partial charge in [0.1, 0.15) is 18.2 Å². The van der Waals surface area contributed by atoms with Crippen LogP contribution in [-0.2, 0) is 24.3 Å². The summed E-state index contributed by atoms with van der Waals surface area (Å²) in [6.07, 6.45) is 4.78. The van der Waals surface area contributed by atoms with Gasteiger partial charge >= 0.3 is 5.97 Å². The van der Waals surface area contributed by atoms with Crippen molar-refractivity contribution in [2.75, 3.05) is 6.61 Å². The second kappa shape index (κ2) is 10.6. The molecule has 0 saturated carbocycles. The van der Waals surface area contributed by atoms with Crippen LogP contribution in [0, 0.1) is 5.82 Å². The Morgan fingerprint density at radius 2 is 1.97 bits per heavy atom. The van der Waals surface area contributed by atoms with Crippen molar-refractivity contribution in [2.45, 2.75) is 32.1 Å². The number of carboxylic acids is 1. The number of ether oxygens (including phenoxy) is 2. The summed E-state index contributed by atoms with van der Waals surface area (Å²) in [6, 6.07) is 18.9. The van der Waals surface area contributed by atoms with Crippen LogP contribution in [0.15, 0.2) is 79.1 Å². The first-order valence-corrected chi connectivity index (χ1v) is 12.6. The smallest absolute Gasteiger partial charge is 0.335 e. The van der Waals surface area contributed by atoms with Gasteiger partial charge in [0.15, 0.2) is 0 Å². The summed E-state index contributed by atoms with van der Waals surface area (Å²) in [5.74, 6) is -0.280. The average molecular weight is 525 g/mol. The van der Waals surface area contributed by atoms with Crippen LogP contribution in [0.4, 0.5) is 4.39 Å². The van der Waals surface area contributed by atoms with Gasteiger partial charge in [0.25, 0.3) is 0 Å². The second-order valence-electron chi connectivity index (χ2n) is 9.43. The minimum absolute atomic E-state index is 0.0486. The Labute approximate surface area is 223 Å². The number of hydrogen-bond acceptors (Lipinski definition) is 6. The Morgan fingerprint density at radius 1 is 1.08 bits per heavy atom. The maximum absolute atomic E-state index is 15.3. The predicted octanol–water partition coefficient (Wildman–Crippen LogP) is 5.29. The summed E-state index contributed by atoms with van der Waals surface area (Å²) < 4.78 is 28.7. The van der Waals surface area contributed by atoms with Crippen molar-refractivity contribution in [2.24, 2.45) is 0 Å². The molecule has 1 atom stereocenters. The van der Waals surface area contributed by atoms with Crippen molar-refractivity contribution in [3.05, 3.63) is 107 Å². The number of rotatable bonds is 9. The average Bonchev–Trinajstić information content (AvgIpc) is 3.26. The van der Waals surface area contributed by atoms with Crippen molar-refractivity contribution >= 4 is 17.0 Å². The first kappa shape index (κ1) is 24.7. The second-order valence-corrected chi connectivity index (χ2v) is 9.43. The van der Waals surface area contributed by atoms with Crippen molar-refractivity contribution < 1.29 is 23.8 Å². The summed E-state index contributed by atoms with van der Waals surface area (Å²) in [5, 5.41) is 9.45. The molecule has 1 aliphatic heterocycles. The fourth-order valence-electron chi connectivity index (χ4n) is 4.62. The number of nitrogens with zero attached hydrogens (tertiary/aromatic N) is 4. The molecule has 2 aromatic carbocycles. The molecule has 196 valence electrons. The van der Waals surface area contributed by atoms with Gasteiger partial charge in [-0.05, 0) is 54.4 Å². The maximum Gasteiger partial charge on any atom is 0.335 e. The molecule has 9 heteroatoms. The van der Waals surface area contributed by atoms with E-state index in [1.165, 1.54) is 6.07 Å². The lowest BCUT2D eigenvalue weighted by Gasteiger charge is -2.27. The number of fused-ring (bicyclic) bond motifs is 1. The fourth-order valence-corrected chi connectivity index (χ4v) is 4.62. The highest BCUT2D eigenvalue weighted by Crippen LogP contribution is 2.27. The standard InChI is InChI=1S/C30H25FN4O4/c31-24-13-19(6-8-23(24)25-4-1-5-29(34-25)39-18-20-3-2-11-32-16-20)14-28-33-26-9-7-21(30(36)37)15-27(26)35(28)17-22-10-12-38-22/h1-9,11,13,15-16,22H,10,12,14,17-18H2,(H,36,37)/t22-/m0/s1. The number of aromatic carboxylic acids is 1. The third-order valence-electron chi connectivity index (χ3n) is 6.76. The molecule has 0 spiro atoms. The Hall–Kier alpha value is -4.63. The molecular weight excluding hydrogens is 499 g/mol. The Kier molecular flexibility index (Phi) is 6.73. The van der Waals surface area contributed by atoms with Crippen LogP contribution in [0.25, 0.3) is 22.3 Å². The molecule has 39 heavy (non-hydrogen) atoms. The molecule has 0 unspecified atom stereocenters. The molecule has 3 aromatic heterocycles. The summed E-state index contributed by atoms with van der Waals surface area (Å²) >= 11 is 0. The molecule has 0 aliphatic carbocycles. The lowest BCUT2D eigenvalue weighted by molar-refractivity contribution is -0.0589. The number of hydrogen-bond donors (Lipinski definition) is 1. The lowest BCUT2D eigenvalue weighted by atomic mass is 10.1. The molecule has 8 nitrogen and oxygen atoms in total. The molecule has 0 radical (unpaired) electrons. The van der Waals surface area contributed by atoms with E-state index in [4.69, 9.17) is 14.5 Å². The van der Waals surface area contributed by atoms with Crippen LogP contribution in [-0.4, -0.2) is 43.3 Å². The summed E-state index contributed by atoms with van der Waals surface area (Å²) in [4.78, 5) is 24.8. The SMILES string of the molecule is O=C(O)c1ccc2nc(Cc3ccc(-c4cccc(OCc5cccnc5)n4)c(F)c3)n(C[C@@H]3CCO3)c2c1. The summed E-state index contributed by atoms with van der Waals surface area (Å²) in [7, 11) is 0. The van der Waals surface area contributed by atoms with Gasteiger partial charge in [-0.25, -0.2) is 19.2 Å². The fraction of sp³-hybridized carbons (Fsp3) is 0.200. The topological polar surface area (TPSA) is 99.4 Å². The molecule has 1 saturated heterocycles. The third kappa shape index (κ3) is 5.35.